The number of imidazole rings is 1. The lowest BCUT2D eigenvalue weighted by Gasteiger charge is -2.28. The number of allylic oxidation sites excluding steroid dienone is 1. The van der Waals surface area contributed by atoms with E-state index in [-0.39, 0.29) is 5.56 Å². The number of nitrogens with one attached hydrogen (secondary N) is 1. The Morgan fingerprint density at radius 3 is 2.62 bits per heavy atom. The SMILES string of the molecule is NN/C(=C(\N)c1ccnc(-c2cn(CC3CCCc4c(C5CC5)cccc43)cn2)c1)C(F)(F)F. The highest BCUT2D eigenvalue weighted by Gasteiger charge is 2.36. The van der Waals surface area contributed by atoms with Crippen molar-refractivity contribution in [3.05, 3.63) is 77.0 Å². The number of nitrogens with two attached hydrogens (primary N) is 2. The van der Waals surface area contributed by atoms with E-state index < -0.39 is 17.6 Å². The zero-order valence-electron chi connectivity index (χ0n) is 18.6. The van der Waals surface area contributed by atoms with Crippen molar-refractivity contribution in [3.8, 4) is 11.4 Å². The van der Waals surface area contributed by atoms with Gasteiger partial charge >= 0.3 is 6.18 Å². The van der Waals surface area contributed by atoms with Gasteiger partial charge in [-0.1, -0.05) is 18.2 Å². The summed E-state index contributed by atoms with van der Waals surface area (Å²) in [5, 5.41) is 0. The van der Waals surface area contributed by atoms with Crippen LogP contribution in [-0.4, -0.2) is 20.7 Å². The topological polar surface area (TPSA) is 94.8 Å². The minimum atomic E-state index is -4.69. The first-order chi connectivity index (χ1) is 16.3. The molecule has 2 aliphatic rings. The van der Waals surface area contributed by atoms with Crippen LogP contribution in [0, 0.1) is 0 Å². The van der Waals surface area contributed by atoms with Crippen molar-refractivity contribution in [2.24, 2.45) is 11.6 Å². The highest BCUT2D eigenvalue weighted by atomic mass is 19.4. The number of rotatable bonds is 6. The Kier molecular flexibility index (Phi) is 5.81. The predicted octanol–water partition coefficient (Wildman–Crippen LogP) is 4.60. The molecule has 1 unspecified atom stereocenters. The second-order valence-electron chi connectivity index (χ2n) is 9.09. The summed E-state index contributed by atoms with van der Waals surface area (Å²) < 4.78 is 41.6. The fourth-order valence-corrected chi connectivity index (χ4v) is 4.98. The van der Waals surface area contributed by atoms with Crippen LogP contribution in [0.25, 0.3) is 17.1 Å². The summed E-state index contributed by atoms with van der Waals surface area (Å²) in [6, 6.07) is 9.63. The number of halogens is 3. The van der Waals surface area contributed by atoms with Crippen molar-refractivity contribution in [1.29, 1.82) is 0 Å². The second-order valence-corrected chi connectivity index (χ2v) is 9.09. The Morgan fingerprint density at radius 1 is 1.09 bits per heavy atom. The summed E-state index contributed by atoms with van der Waals surface area (Å²) in [6.45, 7) is 0.797. The zero-order chi connectivity index (χ0) is 23.9. The lowest BCUT2D eigenvalue weighted by molar-refractivity contribution is -0.0961. The average Bonchev–Trinajstić information content (AvgIpc) is 3.56. The Morgan fingerprint density at radius 2 is 1.88 bits per heavy atom. The minimum absolute atomic E-state index is 0.165. The Balaban J connectivity index is 1.39. The molecule has 5 rings (SSSR count). The summed E-state index contributed by atoms with van der Waals surface area (Å²) in [4.78, 5) is 8.75. The fourth-order valence-electron chi connectivity index (χ4n) is 4.98. The molecule has 178 valence electrons. The number of pyridine rings is 1. The molecule has 1 aromatic carbocycles. The van der Waals surface area contributed by atoms with Gasteiger partial charge in [-0.05, 0) is 66.8 Å². The Labute approximate surface area is 195 Å². The lowest BCUT2D eigenvalue weighted by Crippen LogP contribution is -2.34. The van der Waals surface area contributed by atoms with Crippen molar-refractivity contribution in [1.82, 2.24) is 20.0 Å². The Bertz CT molecular complexity index is 1230. The number of fused-ring (bicyclic) bond motifs is 1. The maximum atomic E-state index is 13.2. The van der Waals surface area contributed by atoms with Gasteiger partial charge in [0.05, 0.1) is 17.7 Å². The van der Waals surface area contributed by atoms with Crippen molar-refractivity contribution in [2.45, 2.75) is 56.7 Å². The largest absolute Gasteiger partial charge is 0.434 e. The summed E-state index contributed by atoms with van der Waals surface area (Å²) in [5.74, 6) is 6.21. The predicted molar refractivity (Wildman–Crippen MR) is 124 cm³/mol. The maximum absolute atomic E-state index is 13.2. The summed E-state index contributed by atoms with van der Waals surface area (Å²) in [5.41, 5.74) is 11.4. The number of aromatic nitrogens is 3. The molecule has 0 saturated heterocycles. The van der Waals surface area contributed by atoms with E-state index in [0.29, 0.717) is 17.3 Å². The van der Waals surface area contributed by atoms with E-state index in [9.17, 15) is 13.2 Å². The number of hydrazine groups is 1. The van der Waals surface area contributed by atoms with E-state index in [1.54, 1.807) is 11.8 Å². The van der Waals surface area contributed by atoms with Gasteiger partial charge in [-0.3, -0.25) is 10.8 Å². The van der Waals surface area contributed by atoms with Gasteiger partial charge in [-0.15, -0.1) is 0 Å². The number of hydrogen-bond acceptors (Lipinski definition) is 5. The molecular formula is C25H27F3N6. The molecule has 1 saturated carbocycles. The fraction of sp³-hybridized carbons (Fsp3) is 0.360. The van der Waals surface area contributed by atoms with Gasteiger partial charge in [0.25, 0.3) is 0 Å². The van der Waals surface area contributed by atoms with Crippen LogP contribution in [0.2, 0.25) is 0 Å². The van der Waals surface area contributed by atoms with Crippen molar-refractivity contribution < 1.29 is 13.2 Å². The van der Waals surface area contributed by atoms with Gasteiger partial charge in [-0.25, -0.2) is 4.98 Å². The molecule has 2 heterocycles. The van der Waals surface area contributed by atoms with Gasteiger partial charge < -0.3 is 15.7 Å². The van der Waals surface area contributed by atoms with E-state index in [2.05, 4.69) is 28.2 Å². The van der Waals surface area contributed by atoms with Crippen LogP contribution in [0.4, 0.5) is 13.2 Å². The number of alkyl halides is 3. The molecule has 0 aliphatic heterocycles. The second kappa shape index (κ2) is 8.79. The average molecular weight is 469 g/mol. The van der Waals surface area contributed by atoms with E-state index in [1.165, 1.54) is 54.3 Å². The summed E-state index contributed by atoms with van der Waals surface area (Å²) >= 11 is 0. The van der Waals surface area contributed by atoms with E-state index in [1.807, 2.05) is 10.8 Å². The molecule has 0 bridgehead atoms. The molecule has 0 radical (unpaired) electrons. The van der Waals surface area contributed by atoms with Crippen LogP contribution < -0.4 is 17.0 Å². The first-order valence-electron chi connectivity index (χ1n) is 11.5. The Hall–Kier alpha value is -3.33. The molecule has 9 heteroatoms. The lowest BCUT2D eigenvalue weighted by atomic mass is 9.80. The van der Waals surface area contributed by atoms with Gasteiger partial charge in [0, 0.05) is 30.4 Å². The monoisotopic (exact) mass is 468 g/mol. The molecule has 0 amide bonds. The molecule has 34 heavy (non-hydrogen) atoms. The minimum Gasteiger partial charge on any atom is -0.397 e. The normalized spacial score (nSPS) is 18.9. The van der Waals surface area contributed by atoms with E-state index >= 15 is 0 Å². The van der Waals surface area contributed by atoms with E-state index in [4.69, 9.17) is 11.6 Å². The number of hydrogen-bond donors (Lipinski definition) is 3. The smallest absolute Gasteiger partial charge is 0.397 e. The molecule has 3 aromatic rings. The number of benzene rings is 1. The van der Waals surface area contributed by atoms with E-state index in [0.717, 1.165) is 25.3 Å². The first kappa shape index (κ1) is 22.5. The van der Waals surface area contributed by atoms with Crippen molar-refractivity contribution >= 4 is 5.70 Å². The molecule has 5 N–H and O–H groups in total. The first-order valence-corrected chi connectivity index (χ1v) is 11.5. The van der Waals surface area contributed by atoms with Crippen LogP contribution in [0.15, 0.2) is 54.7 Å². The summed E-state index contributed by atoms with van der Waals surface area (Å²) in [7, 11) is 0. The quantitative estimate of drug-likeness (QED) is 0.363. The van der Waals surface area contributed by atoms with Crippen molar-refractivity contribution in [3.63, 3.8) is 0 Å². The molecule has 1 atom stereocenters. The molecular weight excluding hydrogens is 441 g/mol. The van der Waals surface area contributed by atoms with Crippen molar-refractivity contribution in [2.75, 3.05) is 0 Å². The van der Waals surface area contributed by atoms with Crippen LogP contribution in [0.1, 0.15) is 59.8 Å². The van der Waals surface area contributed by atoms with Crippen LogP contribution in [0.5, 0.6) is 0 Å². The zero-order valence-corrected chi connectivity index (χ0v) is 18.6. The van der Waals surface area contributed by atoms with Gasteiger partial charge in [0.1, 0.15) is 5.69 Å². The van der Waals surface area contributed by atoms with Crippen LogP contribution >= 0.6 is 0 Å². The van der Waals surface area contributed by atoms with Gasteiger partial charge in [-0.2, -0.15) is 13.2 Å². The molecule has 2 aromatic heterocycles. The molecule has 2 aliphatic carbocycles. The third kappa shape index (κ3) is 4.40. The standard InChI is InChI=1S/C25H27F3N6/c26-25(27,28)24(33-30)23(29)16-9-10-31-21(11-16)22-13-34(14-32-22)12-17-3-1-6-20-18(15-7-8-15)4-2-5-19(17)20/h2,4-5,9-11,13-15,17,33H,1,3,6-8,12,29-30H2/b24-23-. The van der Waals surface area contributed by atoms with Crippen LogP contribution in [0.3, 0.4) is 0 Å². The third-order valence-corrected chi connectivity index (χ3v) is 6.78. The van der Waals surface area contributed by atoms with Gasteiger partial charge in [0.15, 0.2) is 5.70 Å². The highest BCUT2D eigenvalue weighted by molar-refractivity contribution is 5.69. The molecule has 6 nitrogen and oxygen atoms in total. The maximum Gasteiger partial charge on any atom is 0.434 e. The van der Waals surface area contributed by atoms with Gasteiger partial charge in [0.2, 0.25) is 0 Å². The molecule has 1 fully saturated rings. The summed E-state index contributed by atoms with van der Waals surface area (Å²) in [6.07, 6.45) is 6.40. The third-order valence-electron chi connectivity index (χ3n) is 6.78. The number of nitrogens with zero attached hydrogens (tertiary/aromatic N) is 3. The molecule has 0 spiro atoms. The highest BCUT2D eigenvalue weighted by Crippen LogP contribution is 2.45. The van der Waals surface area contributed by atoms with Crippen LogP contribution in [-0.2, 0) is 13.0 Å².